The largest absolute Gasteiger partial charge is 0.384 e. The van der Waals surface area contributed by atoms with Crippen molar-refractivity contribution >= 4 is 5.82 Å². The summed E-state index contributed by atoms with van der Waals surface area (Å²) in [6.07, 6.45) is 10.1. The minimum Gasteiger partial charge on any atom is -0.384 e. The molecule has 114 valence electrons. The van der Waals surface area contributed by atoms with Crippen molar-refractivity contribution in [3.8, 4) is 0 Å². The van der Waals surface area contributed by atoms with Crippen LogP contribution in [0.15, 0.2) is 0 Å². The number of aryl methyl sites for hydroxylation is 1. The number of nitrogens with zero attached hydrogens (tertiary/aromatic N) is 2. The highest BCUT2D eigenvalue weighted by Gasteiger charge is 2.27. The molecule has 0 bridgehead atoms. The van der Waals surface area contributed by atoms with Crippen molar-refractivity contribution in [2.75, 3.05) is 5.73 Å². The summed E-state index contributed by atoms with van der Waals surface area (Å²) in [4.78, 5) is 4.97. The van der Waals surface area contributed by atoms with E-state index in [1.807, 2.05) is 0 Å². The second-order valence-corrected chi connectivity index (χ2v) is 7.24. The van der Waals surface area contributed by atoms with Gasteiger partial charge in [-0.05, 0) is 40.0 Å². The summed E-state index contributed by atoms with van der Waals surface area (Å²) in [5.41, 5.74) is 7.71. The van der Waals surface area contributed by atoms with E-state index >= 15 is 0 Å². The van der Waals surface area contributed by atoms with Crippen LogP contribution in [0.4, 0.5) is 5.82 Å². The van der Waals surface area contributed by atoms with Gasteiger partial charge in [-0.2, -0.15) is 0 Å². The van der Waals surface area contributed by atoms with E-state index in [2.05, 4.69) is 32.3 Å². The number of hydrogen-bond acceptors (Lipinski definition) is 2. The Morgan fingerprint density at radius 2 is 1.75 bits per heavy atom. The van der Waals surface area contributed by atoms with E-state index in [1.54, 1.807) is 0 Å². The van der Waals surface area contributed by atoms with Gasteiger partial charge in [0, 0.05) is 17.9 Å². The van der Waals surface area contributed by atoms with Crippen molar-refractivity contribution < 1.29 is 0 Å². The van der Waals surface area contributed by atoms with Crippen LogP contribution in [0.5, 0.6) is 0 Å². The molecule has 2 N–H and O–H groups in total. The van der Waals surface area contributed by atoms with Crippen LogP contribution in [-0.4, -0.2) is 9.55 Å². The van der Waals surface area contributed by atoms with Crippen LogP contribution < -0.4 is 5.73 Å². The lowest BCUT2D eigenvalue weighted by Crippen LogP contribution is -2.26. The number of anilines is 1. The molecule has 2 rings (SSSR count). The fourth-order valence-corrected chi connectivity index (χ4v) is 3.49. The van der Waals surface area contributed by atoms with E-state index in [9.17, 15) is 0 Å². The monoisotopic (exact) mass is 277 g/mol. The lowest BCUT2D eigenvalue weighted by molar-refractivity contribution is 0.387. The fraction of sp³-hybridized carbons (Fsp3) is 0.824. The normalized spacial score (nSPS) is 18.2. The molecule has 0 atom stereocenters. The van der Waals surface area contributed by atoms with Gasteiger partial charge in [0.05, 0.1) is 5.69 Å². The third-order valence-corrected chi connectivity index (χ3v) is 4.40. The number of nitrogen functional groups attached to an aromatic ring is 1. The van der Waals surface area contributed by atoms with Gasteiger partial charge in [-0.25, -0.2) is 4.98 Å². The second kappa shape index (κ2) is 6.19. The van der Waals surface area contributed by atoms with Gasteiger partial charge in [0.1, 0.15) is 11.6 Å². The van der Waals surface area contributed by atoms with Crippen LogP contribution in [0, 0.1) is 0 Å². The van der Waals surface area contributed by atoms with Crippen LogP contribution in [0.3, 0.4) is 0 Å². The van der Waals surface area contributed by atoms with E-state index in [-0.39, 0.29) is 5.54 Å². The minimum absolute atomic E-state index is 0.0184. The van der Waals surface area contributed by atoms with Gasteiger partial charge in [-0.3, -0.25) is 0 Å². The zero-order valence-corrected chi connectivity index (χ0v) is 13.7. The van der Waals surface area contributed by atoms with Gasteiger partial charge in [-0.1, -0.05) is 32.6 Å². The number of imidazole rings is 1. The predicted molar refractivity (Wildman–Crippen MR) is 86.1 cm³/mol. The number of rotatable bonds is 3. The van der Waals surface area contributed by atoms with Crippen molar-refractivity contribution in [3.05, 3.63) is 11.5 Å². The Balaban J connectivity index is 2.38. The van der Waals surface area contributed by atoms with E-state index in [0.717, 1.165) is 18.7 Å². The zero-order chi connectivity index (χ0) is 14.8. The lowest BCUT2D eigenvalue weighted by Gasteiger charge is -2.25. The van der Waals surface area contributed by atoms with Crippen LogP contribution in [0.25, 0.3) is 0 Å². The molecule has 20 heavy (non-hydrogen) atoms. The summed E-state index contributed by atoms with van der Waals surface area (Å²) >= 11 is 0. The predicted octanol–water partition coefficient (Wildman–Crippen LogP) is 4.61. The topological polar surface area (TPSA) is 43.8 Å². The first-order valence-corrected chi connectivity index (χ1v) is 8.32. The van der Waals surface area contributed by atoms with E-state index < -0.39 is 0 Å². The zero-order valence-electron chi connectivity index (χ0n) is 13.7. The van der Waals surface area contributed by atoms with E-state index in [1.165, 1.54) is 50.0 Å². The van der Waals surface area contributed by atoms with Crippen molar-refractivity contribution in [1.29, 1.82) is 0 Å². The highest BCUT2D eigenvalue weighted by Crippen LogP contribution is 2.36. The molecule has 3 nitrogen and oxygen atoms in total. The fourth-order valence-electron chi connectivity index (χ4n) is 3.49. The summed E-state index contributed by atoms with van der Waals surface area (Å²) in [6, 6.07) is 0. The van der Waals surface area contributed by atoms with E-state index in [4.69, 9.17) is 10.7 Å². The number of hydrogen-bond donors (Lipinski definition) is 1. The molecule has 0 amide bonds. The highest BCUT2D eigenvalue weighted by atomic mass is 15.2. The molecule has 0 unspecified atom stereocenters. The number of nitrogens with two attached hydrogens (primary N) is 1. The summed E-state index contributed by atoms with van der Waals surface area (Å²) < 4.78 is 2.27. The molecular formula is C17H31N3. The first kappa shape index (κ1) is 15.4. The molecule has 0 spiro atoms. The van der Waals surface area contributed by atoms with Crippen LogP contribution in [-0.2, 0) is 12.0 Å². The Kier molecular flexibility index (Phi) is 4.77. The summed E-state index contributed by atoms with van der Waals surface area (Å²) in [5.74, 6) is 2.68. The maximum absolute atomic E-state index is 6.50. The minimum atomic E-state index is 0.0184. The average Bonchev–Trinajstić information content (AvgIpc) is 2.55. The lowest BCUT2D eigenvalue weighted by atomic mass is 9.96. The third kappa shape index (κ3) is 3.18. The van der Waals surface area contributed by atoms with Crippen molar-refractivity contribution in [3.63, 3.8) is 0 Å². The SMILES string of the molecule is CCCc1nc(C2CCCCCC2)c(N)n1C(C)(C)C. The third-order valence-electron chi connectivity index (χ3n) is 4.40. The molecule has 1 saturated carbocycles. The highest BCUT2D eigenvalue weighted by molar-refractivity contribution is 5.42. The van der Waals surface area contributed by atoms with Gasteiger partial charge in [0.15, 0.2) is 0 Å². The molecule has 1 aliphatic rings. The molecule has 0 aromatic carbocycles. The molecule has 3 heteroatoms. The molecule has 1 aromatic rings. The summed E-state index contributed by atoms with van der Waals surface area (Å²) in [5, 5.41) is 0. The summed E-state index contributed by atoms with van der Waals surface area (Å²) in [7, 11) is 0. The Morgan fingerprint density at radius 3 is 2.25 bits per heavy atom. The molecule has 0 aliphatic heterocycles. The second-order valence-electron chi connectivity index (χ2n) is 7.24. The van der Waals surface area contributed by atoms with Crippen molar-refractivity contribution in [1.82, 2.24) is 9.55 Å². The van der Waals surface area contributed by atoms with Gasteiger partial charge in [0.25, 0.3) is 0 Å². The van der Waals surface area contributed by atoms with Crippen molar-refractivity contribution in [2.24, 2.45) is 0 Å². The molecule has 0 saturated heterocycles. The summed E-state index contributed by atoms with van der Waals surface area (Å²) in [6.45, 7) is 8.88. The molecule has 1 aliphatic carbocycles. The Morgan fingerprint density at radius 1 is 1.15 bits per heavy atom. The van der Waals surface area contributed by atoms with Crippen LogP contribution in [0.2, 0.25) is 0 Å². The van der Waals surface area contributed by atoms with E-state index in [0.29, 0.717) is 5.92 Å². The quantitative estimate of drug-likeness (QED) is 0.820. The van der Waals surface area contributed by atoms with Gasteiger partial charge in [-0.15, -0.1) is 0 Å². The smallest absolute Gasteiger partial charge is 0.127 e. The molecule has 0 radical (unpaired) electrons. The molecule has 1 aromatic heterocycles. The average molecular weight is 277 g/mol. The number of aromatic nitrogens is 2. The van der Waals surface area contributed by atoms with Gasteiger partial charge < -0.3 is 10.3 Å². The maximum atomic E-state index is 6.50. The Labute approximate surface area is 124 Å². The van der Waals surface area contributed by atoms with Crippen molar-refractivity contribution in [2.45, 2.75) is 90.5 Å². The van der Waals surface area contributed by atoms with Crippen LogP contribution >= 0.6 is 0 Å². The maximum Gasteiger partial charge on any atom is 0.127 e. The van der Waals surface area contributed by atoms with Gasteiger partial charge >= 0.3 is 0 Å². The Hall–Kier alpha value is -0.990. The Bertz CT molecular complexity index is 432. The molecule has 1 fully saturated rings. The first-order valence-electron chi connectivity index (χ1n) is 8.32. The standard InChI is InChI=1S/C17H31N3/c1-5-10-14-19-15(13-11-8-6-7-9-12-13)16(18)20(14)17(2,3)4/h13H,5-12,18H2,1-4H3. The van der Waals surface area contributed by atoms with Gasteiger partial charge in [0.2, 0.25) is 0 Å². The van der Waals surface area contributed by atoms with Crippen LogP contribution in [0.1, 0.15) is 90.1 Å². The molecular weight excluding hydrogens is 246 g/mol. The first-order chi connectivity index (χ1) is 9.45. The molecule has 1 heterocycles.